The van der Waals surface area contributed by atoms with Crippen molar-refractivity contribution >= 4 is 22.8 Å². The van der Waals surface area contributed by atoms with Crippen LogP contribution in [0.25, 0.3) is 17.0 Å². The summed E-state index contributed by atoms with van der Waals surface area (Å²) in [6.45, 7) is 1.92. The second-order valence-corrected chi connectivity index (χ2v) is 6.56. The Hall–Kier alpha value is -3.34. The van der Waals surface area contributed by atoms with Gasteiger partial charge in [-0.25, -0.2) is 0 Å². The number of carbonyl (C=O) groups excluding carboxylic acids is 1. The quantitative estimate of drug-likeness (QED) is 0.660. The molecule has 0 aliphatic heterocycles. The van der Waals surface area contributed by atoms with E-state index in [1.165, 1.54) is 13.4 Å². The van der Waals surface area contributed by atoms with E-state index in [1.54, 1.807) is 37.5 Å². The number of hydrogen-bond acceptors (Lipinski definition) is 5. The first kappa shape index (κ1) is 17.1. The Bertz CT molecular complexity index is 1170. The maximum atomic E-state index is 12.8. The molecule has 1 aliphatic rings. The molecule has 0 unspecified atom stereocenters. The number of carbonyl (C=O) groups is 1. The SMILES string of the molecule is COc1cc2c(cc1OC)C(=O)C(=Cc1coc3ccc(C)cc3c1=O)C2. The fraction of sp³-hybridized carbons (Fsp3) is 0.182. The highest BCUT2D eigenvalue weighted by Crippen LogP contribution is 2.36. The van der Waals surface area contributed by atoms with Crippen LogP contribution in [0.2, 0.25) is 0 Å². The summed E-state index contributed by atoms with van der Waals surface area (Å²) in [5.41, 5.74) is 3.69. The number of rotatable bonds is 3. The first-order valence-corrected chi connectivity index (χ1v) is 8.54. The van der Waals surface area contributed by atoms with Gasteiger partial charge < -0.3 is 13.9 Å². The molecular weight excluding hydrogens is 344 g/mol. The Morgan fingerprint density at radius 1 is 1.04 bits per heavy atom. The maximum Gasteiger partial charge on any atom is 0.199 e. The number of ether oxygens (including phenoxy) is 2. The molecule has 5 heteroatoms. The molecule has 5 nitrogen and oxygen atoms in total. The third kappa shape index (κ3) is 2.81. The van der Waals surface area contributed by atoms with E-state index in [-0.39, 0.29) is 11.2 Å². The lowest BCUT2D eigenvalue weighted by Gasteiger charge is -2.08. The topological polar surface area (TPSA) is 65.7 Å². The number of ketones is 1. The number of benzene rings is 2. The van der Waals surface area contributed by atoms with E-state index in [9.17, 15) is 9.59 Å². The van der Waals surface area contributed by atoms with Crippen LogP contribution >= 0.6 is 0 Å². The molecule has 1 heterocycles. The van der Waals surface area contributed by atoms with Gasteiger partial charge in [0.2, 0.25) is 0 Å². The number of fused-ring (bicyclic) bond motifs is 2. The Kier molecular flexibility index (Phi) is 4.07. The van der Waals surface area contributed by atoms with Crippen molar-refractivity contribution < 1.29 is 18.7 Å². The average Bonchev–Trinajstić information content (AvgIpc) is 2.98. The van der Waals surface area contributed by atoms with Crippen molar-refractivity contribution in [3.05, 3.63) is 74.6 Å². The summed E-state index contributed by atoms with van der Waals surface area (Å²) >= 11 is 0. The minimum absolute atomic E-state index is 0.116. The minimum atomic E-state index is -0.147. The molecule has 0 atom stereocenters. The third-order valence-electron chi connectivity index (χ3n) is 4.81. The van der Waals surface area contributed by atoms with Crippen LogP contribution in [0.15, 0.2) is 51.4 Å². The van der Waals surface area contributed by atoms with Crippen LogP contribution in [0, 0.1) is 6.92 Å². The molecule has 136 valence electrons. The number of allylic oxidation sites excluding steroid dienone is 1. The molecule has 4 rings (SSSR count). The van der Waals surface area contributed by atoms with E-state index in [4.69, 9.17) is 13.9 Å². The van der Waals surface area contributed by atoms with Crippen LogP contribution in [-0.2, 0) is 6.42 Å². The zero-order chi connectivity index (χ0) is 19.1. The molecule has 3 aromatic rings. The zero-order valence-electron chi connectivity index (χ0n) is 15.3. The van der Waals surface area contributed by atoms with E-state index in [0.717, 1.165) is 11.1 Å². The highest BCUT2D eigenvalue weighted by Gasteiger charge is 2.27. The Labute approximate surface area is 155 Å². The third-order valence-corrected chi connectivity index (χ3v) is 4.81. The molecular formula is C22H18O5. The number of aryl methyl sites for hydroxylation is 1. The van der Waals surface area contributed by atoms with Crippen molar-refractivity contribution in [1.82, 2.24) is 0 Å². The van der Waals surface area contributed by atoms with Gasteiger partial charge in [-0.05, 0) is 42.8 Å². The van der Waals surface area contributed by atoms with Gasteiger partial charge in [0.05, 0.1) is 25.2 Å². The molecule has 1 aromatic heterocycles. The van der Waals surface area contributed by atoms with E-state index >= 15 is 0 Å². The van der Waals surface area contributed by atoms with Crippen molar-refractivity contribution in [1.29, 1.82) is 0 Å². The van der Waals surface area contributed by atoms with E-state index in [1.807, 2.05) is 13.0 Å². The second-order valence-electron chi connectivity index (χ2n) is 6.56. The molecule has 0 N–H and O–H groups in total. The van der Waals surface area contributed by atoms with Crippen molar-refractivity contribution in [3.63, 3.8) is 0 Å². The van der Waals surface area contributed by atoms with Gasteiger partial charge >= 0.3 is 0 Å². The average molecular weight is 362 g/mol. The lowest BCUT2D eigenvalue weighted by atomic mass is 10.1. The standard InChI is InChI=1S/C22H18O5/c1-12-4-5-18-17(6-12)22(24)15(11-27-18)8-14-7-13-9-19(25-2)20(26-3)10-16(13)21(14)23/h4-6,8-11H,7H2,1-3H3. The van der Waals surface area contributed by atoms with Gasteiger partial charge in [-0.15, -0.1) is 0 Å². The lowest BCUT2D eigenvalue weighted by Crippen LogP contribution is -2.06. The predicted molar refractivity (Wildman–Crippen MR) is 103 cm³/mol. The van der Waals surface area contributed by atoms with Crippen molar-refractivity contribution in [2.45, 2.75) is 13.3 Å². The summed E-state index contributed by atoms with van der Waals surface area (Å²) in [4.78, 5) is 25.6. The van der Waals surface area contributed by atoms with Crippen molar-refractivity contribution in [2.24, 2.45) is 0 Å². The van der Waals surface area contributed by atoms with Gasteiger partial charge in [0, 0.05) is 17.6 Å². The second kappa shape index (κ2) is 6.43. The summed E-state index contributed by atoms with van der Waals surface area (Å²) in [5, 5.41) is 0.510. The Morgan fingerprint density at radius 2 is 1.78 bits per heavy atom. The van der Waals surface area contributed by atoms with Gasteiger partial charge in [-0.3, -0.25) is 9.59 Å². The summed E-state index contributed by atoms with van der Waals surface area (Å²) in [6, 6.07) is 8.95. The van der Waals surface area contributed by atoms with Gasteiger partial charge in [-0.1, -0.05) is 11.6 Å². The summed E-state index contributed by atoms with van der Waals surface area (Å²) in [7, 11) is 3.09. The van der Waals surface area contributed by atoms with Crippen LogP contribution < -0.4 is 14.9 Å². The normalized spacial score (nSPS) is 14.6. The number of Topliss-reactive ketones (excluding diaryl/α,β-unsaturated/α-hetero) is 1. The highest BCUT2D eigenvalue weighted by molar-refractivity contribution is 6.16. The van der Waals surface area contributed by atoms with Gasteiger partial charge in [0.1, 0.15) is 11.8 Å². The monoisotopic (exact) mass is 362 g/mol. The molecule has 0 radical (unpaired) electrons. The van der Waals surface area contributed by atoms with Crippen LogP contribution in [-0.4, -0.2) is 20.0 Å². The molecule has 0 bridgehead atoms. The Morgan fingerprint density at radius 3 is 2.52 bits per heavy atom. The molecule has 0 spiro atoms. The largest absolute Gasteiger partial charge is 0.493 e. The number of hydrogen-bond donors (Lipinski definition) is 0. The van der Waals surface area contributed by atoms with Gasteiger partial charge in [-0.2, -0.15) is 0 Å². The molecule has 0 saturated heterocycles. The molecule has 0 fully saturated rings. The van der Waals surface area contributed by atoms with Crippen molar-refractivity contribution in [3.8, 4) is 11.5 Å². The van der Waals surface area contributed by atoms with E-state index in [2.05, 4.69) is 0 Å². The number of methoxy groups -OCH3 is 2. The lowest BCUT2D eigenvalue weighted by molar-refractivity contribution is 0.104. The van der Waals surface area contributed by atoms with E-state index < -0.39 is 0 Å². The van der Waals surface area contributed by atoms with Crippen molar-refractivity contribution in [2.75, 3.05) is 14.2 Å². The summed E-state index contributed by atoms with van der Waals surface area (Å²) in [5.74, 6) is 0.965. The van der Waals surface area contributed by atoms with Gasteiger partial charge in [0.15, 0.2) is 22.7 Å². The van der Waals surface area contributed by atoms with E-state index in [0.29, 0.717) is 45.6 Å². The predicted octanol–water partition coefficient (Wildman–Crippen LogP) is 3.94. The zero-order valence-corrected chi connectivity index (χ0v) is 15.3. The summed E-state index contributed by atoms with van der Waals surface area (Å²) in [6.07, 6.45) is 3.46. The first-order chi connectivity index (χ1) is 13.0. The highest BCUT2D eigenvalue weighted by atomic mass is 16.5. The fourth-order valence-electron chi connectivity index (χ4n) is 3.40. The maximum absolute atomic E-state index is 12.8. The Balaban J connectivity index is 1.79. The van der Waals surface area contributed by atoms with Crippen LogP contribution in [0.5, 0.6) is 11.5 Å². The molecule has 27 heavy (non-hydrogen) atoms. The molecule has 2 aromatic carbocycles. The van der Waals surface area contributed by atoms with Crippen LogP contribution in [0.4, 0.5) is 0 Å². The van der Waals surface area contributed by atoms with Crippen LogP contribution in [0.3, 0.4) is 0 Å². The smallest absolute Gasteiger partial charge is 0.199 e. The van der Waals surface area contributed by atoms with Gasteiger partial charge in [0.25, 0.3) is 0 Å². The fourth-order valence-corrected chi connectivity index (χ4v) is 3.40. The summed E-state index contributed by atoms with van der Waals surface area (Å²) < 4.78 is 16.2. The minimum Gasteiger partial charge on any atom is -0.493 e. The van der Waals surface area contributed by atoms with Crippen LogP contribution in [0.1, 0.15) is 27.0 Å². The first-order valence-electron chi connectivity index (χ1n) is 8.54. The molecule has 0 amide bonds. The molecule has 1 aliphatic carbocycles. The molecule has 0 saturated carbocycles.